The second-order valence-corrected chi connectivity index (χ2v) is 6.57. The van der Waals surface area contributed by atoms with Crippen molar-refractivity contribution >= 4 is 11.4 Å². The Morgan fingerprint density at radius 3 is 2.38 bits per heavy atom. The molecule has 4 rings (SSSR count). The topological polar surface area (TPSA) is 35.5 Å². The molecule has 0 aromatic heterocycles. The summed E-state index contributed by atoms with van der Waals surface area (Å²) in [5, 5.41) is 0. The van der Waals surface area contributed by atoms with Gasteiger partial charge in [0.1, 0.15) is 11.5 Å². The van der Waals surface area contributed by atoms with Gasteiger partial charge in [0.15, 0.2) is 0 Å². The minimum absolute atomic E-state index is 0.161. The number of carbonyl (C=O) groups excluding carboxylic acids is 1. The Morgan fingerprint density at radius 1 is 1.14 bits per heavy atom. The number of ketones is 1. The van der Waals surface area contributed by atoms with Crippen LogP contribution in [0.3, 0.4) is 0 Å². The molecule has 0 heterocycles. The first-order valence-electron chi connectivity index (χ1n) is 7.38. The molecule has 3 atom stereocenters. The molecule has 0 amide bonds. The zero-order chi connectivity index (χ0) is 15.3. The van der Waals surface area contributed by atoms with E-state index in [4.69, 9.17) is 9.47 Å². The van der Waals surface area contributed by atoms with Crippen LogP contribution in [0.4, 0.5) is 0 Å². The van der Waals surface area contributed by atoms with Crippen LogP contribution in [0.25, 0.3) is 5.57 Å². The van der Waals surface area contributed by atoms with E-state index in [2.05, 4.69) is 19.9 Å². The highest BCUT2D eigenvalue weighted by Crippen LogP contribution is 2.56. The number of rotatable bonds is 3. The number of ether oxygens (including phenoxy) is 2. The summed E-state index contributed by atoms with van der Waals surface area (Å²) in [6.45, 7) is 4.17. The maximum atomic E-state index is 12.6. The van der Waals surface area contributed by atoms with E-state index in [-0.39, 0.29) is 11.5 Å². The van der Waals surface area contributed by atoms with Gasteiger partial charge in [-0.2, -0.15) is 0 Å². The third-order valence-corrected chi connectivity index (χ3v) is 5.34. The van der Waals surface area contributed by atoms with Crippen LogP contribution < -0.4 is 4.74 Å². The summed E-state index contributed by atoms with van der Waals surface area (Å²) >= 11 is 0. The predicted molar refractivity (Wildman–Crippen MR) is 82.2 cm³/mol. The van der Waals surface area contributed by atoms with Crippen LogP contribution in [0.15, 0.2) is 30.3 Å². The average Bonchev–Trinajstić information content (AvgIpc) is 2.49. The molecule has 0 saturated heterocycles. The molecule has 1 aromatic rings. The Labute approximate surface area is 125 Å². The smallest absolute Gasteiger partial charge is 0.143 e. The lowest BCUT2D eigenvalue weighted by Crippen LogP contribution is -2.54. The van der Waals surface area contributed by atoms with Crippen LogP contribution in [0, 0.1) is 11.3 Å². The second kappa shape index (κ2) is 4.70. The Hall–Kier alpha value is -1.61. The zero-order valence-corrected chi connectivity index (χ0v) is 13.1. The van der Waals surface area contributed by atoms with Gasteiger partial charge in [-0.1, -0.05) is 18.2 Å². The van der Waals surface area contributed by atoms with Crippen molar-refractivity contribution < 1.29 is 14.3 Å². The number of Topliss-reactive ketones (excluding diaryl/α,β-unsaturated/α-hetero) is 1. The van der Waals surface area contributed by atoms with Crippen molar-refractivity contribution in [1.82, 2.24) is 0 Å². The monoisotopic (exact) mass is 286 g/mol. The Bertz CT molecular complexity index is 601. The van der Waals surface area contributed by atoms with Crippen LogP contribution in [0.1, 0.15) is 32.3 Å². The molecule has 1 fully saturated rings. The molecule has 3 aliphatic rings. The van der Waals surface area contributed by atoms with Crippen molar-refractivity contribution in [3.8, 4) is 5.75 Å². The molecule has 3 nitrogen and oxygen atoms in total. The molecule has 21 heavy (non-hydrogen) atoms. The van der Waals surface area contributed by atoms with E-state index in [1.165, 1.54) is 0 Å². The summed E-state index contributed by atoms with van der Waals surface area (Å²) in [5.41, 5.74) is 1.56. The van der Waals surface area contributed by atoms with Gasteiger partial charge in [-0.15, -0.1) is 0 Å². The van der Waals surface area contributed by atoms with Gasteiger partial charge in [0.2, 0.25) is 0 Å². The number of benzene rings is 1. The summed E-state index contributed by atoms with van der Waals surface area (Å²) < 4.78 is 10.9. The molecule has 0 spiro atoms. The molecular weight excluding hydrogens is 264 g/mol. The first kappa shape index (κ1) is 14.3. The van der Waals surface area contributed by atoms with Crippen molar-refractivity contribution in [3.05, 3.63) is 35.9 Å². The van der Waals surface area contributed by atoms with E-state index in [1.54, 1.807) is 14.2 Å². The lowest BCUT2D eigenvalue weighted by molar-refractivity contribution is -0.144. The van der Waals surface area contributed by atoms with Crippen LogP contribution in [-0.2, 0) is 9.53 Å². The highest BCUT2D eigenvalue weighted by atomic mass is 16.5. The third kappa shape index (κ3) is 2.03. The summed E-state index contributed by atoms with van der Waals surface area (Å²) in [5.74, 6) is 1.32. The minimum atomic E-state index is -0.450. The van der Waals surface area contributed by atoms with Crippen molar-refractivity contribution in [2.24, 2.45) is 11.3 Å². The van der Waals surface area contributed by atoms with Gasteiger partial charge in [0.05, 0.1) is 18.1 Å². The SMILES string of the molecule is COc1ccc(C2=C[C@@H]3CC(=O)[C@@]2(C)CC3(C)OC)cc1. The number of methoxy groups -OCH3 is 2. The molecule has 1 aromatic carbocycles. The lowest BCUT2D eigenvalue weighted by atomic mass is 9.54. The molecule has 2 bridgehead atoms. The maximum Gasteiger partial charge on any atom is 0.143 e. The zero-order valence-electron chi connectivity index (χ0n) is 13.1. The molecular formula is C18H22O3. The fraction of sp³-hybridized carbons (Fsp3) is 0.500. The largest absolute Gasteiger partial charge is 0.497 e. The van der Waals surface area contributed by atoms with Crippen molar-refractivity contribution in [2.45, 2.75) is 32.3 Å². The maximum absolute atomic E-state index is 12.6. The number of hydrogen-bond donors (Lipinski definition) is 0. The molecule has 0 radical (unpaired) electrons. The second-order valence-electron chi connectivity index (χ2n) is 6.57. The summed E-state index contributed by atoms with van der Waals surface area (Å²) in [7, 11) is 3.40. The molecule has 1 unspecified atom stereocenters. The molecule has 1 saturated carbocycles. The van der Waals surface area contributed by atoms with E-state index < -0.39 is 5.41 Å². The van der Waals surface area contributed by atoms with Gasteiger partial charge >= 0.3 is 0 Å². The van der Waals surface area contributed by atoms with E-state index in [9.17, 15) is 4.79 Å². The number of fused-ring (bicyclic) bond motifs is 2. The fourth-order valence-electron chi connectivity index (χ4n) is 3.85. The highest BCUT2D eigenvalue weighted by molar-refractivity contribution is 6.01. The molecule has 3 aliphatic carbocycles. The number of carbonyl (C=O) groups is 1. The van der Waals surface area contributed by atoms with Crippen LogP contribution in [-0.4, -0.2) is 25.6 Å². The van der Waals surface area contributed by atoms with Crippen LogP contribution in [0.2, 0.25) is 0 Å². The van der Waals surface area contributed by atoms with Gasteiger partial charge < -0.3 is 9.47 Å². The summed E-state index contributed by atoms with van der Waals surface area (Å²) in [4.78, 5) is 12.6. The van der Waals surface area contributed by atoms with E-state index in [0.717, 1.165) is 23.3 Å². The van der Waals surface area contributed by atoms with Crippen molar-refractivity contribution in [3.63, 3.8) is 0 Å². The third-order valence-electron chi connectivity index (χ3n) is 5.34. The number of hydrogen-bond acceptors (Lipinski definition) is 3. The van der Waals surface area contributed by atoms with Gasteiger partial charge in [0.25, 0.3) is 0 Å². The standard InChI is InChI=1S/C18H22O3/c1-17-11-18(2,21-4)13(10-16(17)19)9-15(17)12-5-7-14(20-3)8-6-12/h5-9,13H,10-11H2,1-4H3/t13-,17+,18?/m1/s1. The summed E-state index contributed by atoms with van der Waals surface area (Å²) in [6.07, 6.45) is 3.58. The van der Waals surface area contributed by atoms with Gasteiger partial charge in [-0.25, -0.2) is 0 Å². The normalized spacial score (nSPS) is 34.8. The first-order valence-corrected chi connectivity index (χ1v) is 7.38. The predicted octanol–water partition coefficient (Wildman–Crippen LogP) is 3.48. The van der Waals surface area contributed by atoms with Crippen LogP contribution >= 0.6 is 0 Å². The average molecular weight is 286 g/mol. The Kier molecular flexibility index (Phi) is 3.21. The fourth-order valence-corrected chi connectivity index (χ4v) is 3.85. The molecule has 0 N–H and O–H groups in total. The van der Waals surface area contributed by atoms with E-state index >= 15 is 0 Å². The number of allylic oxidation sites excluding steroid dienone is 1. The Morgan fingerprint density at radius 2 is 1.81 bits per heavy atom. The van der Waals surface area contributed by atoms with Crippen molar-refractivity contribution in [2.75, 3.05) is 14.2 Å². The van der Waals surface area contributed by atoms with Gasteiger partial charge in [0, 0.05) is 19.4 Å². The van der Waals surface area contributed by atoms with Crippen molar-refractivity contribution in [1.29, 1.82) is 0 Å². The molecule has 0 aliphatic heterocycles. The highest BCUT2D eigenvalue weighted by Gasteiger charge is 2.55. The van der Waals surface area contributed by atoms with Gasteiger partial charge in [-0.3, -0.25) is 4.79 Å². The van der Waals surface area contributed by atoms with Crippen LogP contribution in [0.5, 0.6) is 5.75 Å². The van der Waals surface area contributed by atoms with E-state index in [1.807, 2.05) is 24.3 Å². The first-order chi connectivity index (χ1) is 9.93. The molecule has 112 valence electrons. The van der Waals surface area contributed by atoms with E-state index in [0.29, 0.717) is 12.2 Å². The Balaban J connectivity index is 2.06. The lowest BCUT2D eigenvalue weighted by Gasteiger charge is -2.52. The quantitative estimate of drug-likeness (QED) is 0.853. The molecule has 3 heteroatoms. The summed E-state index contributed by atoms with van der Waals surface area (Å²) in [6, 6.07) is 7.96. The minimum Gasteiger partial charge on any atom is -0.497 e. The van der Waals surface area contributed by atoms with Gasteiger partial charge in [-0.05, 0) is 43.5 Å².